The molecular weight excluding hydrogens is 368 g/mol. The number of urea groups is 1. The van der Waals surface area contributed by atoms with Crippen LogP contribution in [0, 0.1) is 11.8 Å². The van der Waals surface area contributed by atoms with Crippen LogP contribution in [0.1, 0.15) is 51.2 Å². The summed E-state index contributed by atoms with van der Waals surface area (Å²) in [7, 11) is 3.17. The SMILES string of the molecule is COCN1CC(OCc2ccc(C(CC(C)C)C(C)C)cc2)CN(COC)C1=O. The van der Waals surface area contributed by atoms with Gasteiger partial charge in [0.1, 0.15) is 13.5 Å². The van der Waals surface area contributed by atoms with Crippen molar-refractivity contribution in [3.63, 3.8) is 0 Å². The molecule has 6 heteroatoms. The van der Waals surface area contributed by atoms with Gasteiger partial charge in [-0.25, -0.2) is 4.79 Å². The number of carbonyl (C=O) groups excluding carboxylic acids is 1. The van der Waals surface area contributed by atoms with Crippen LogP contribution in [0.25, 0.3) is 0 Å². The molecule has 164 valence electrons. The smallest absolute Gasteiger partial charge is 0.323 e. The van der Waals surface area contributed by atoms with Gasteiger partial charge >= 0.3 is 6.03 Å². The molecule has 0 radical (unpaired) electrons. The number of hydrogen-bond acceptors (Lipinski definition) is 4. The molecule has 1 aliphatic rings. The summed E-state index contributed by atoms with van der Waals surface area (Å²) in [5.41, 5.74) is 2.55. The van der Waals surface area contributed by atoms with Gasteiger partial charge in [-0.05, 0) is 35.3 Å². The number of carbonyl (C=O) groups is 1. The third kappa shape index (κ3) is 6.98. The number of benzene rings is 1. The fourth-order valence-electron chi connectivity index (χ4n) is 3.91. The molecule has 1 aromatic carbocycles. The van der Waals surface area contributed by atoms with Crippen LogP contribution >= 0.6 is 0 Å². The van der Waals surface area contributed by atoms with E-state index in [1.165, 1.54) is 12.0 Å². The first-order chi connectivity index (χ1) is 13.8. The fraction of sp³-hybridized carbons (Fsp3) is 0.696. The van der Waals surface area contributed by atoms with E-state index in [1.54, 1.807) is 24.0 Å². The number of hydrogen-bond donors (Lipinski definition) is 0. The lowest BCUT2D eigenvalue weighted by Gasteiger charge is -2.39. The highest BCUT2D eigenvalue weighted by Gasteiger charge is 2.32. The quantitative estimate of drug-likeness (QED) is 0.550. The van der Waals surface area contributed by atoms with Crippen LogP contribution in [0.2, 0.25) is 0 Å². The Morgan fingerprint density at radius 2 is 1.52 bits per heavy atom. The third-order valence-electron chi connectivity index (χ3n) is 5.38. The number of nitrogens with zero attached hydrogens (tertiary/aromatic N) is 2. The zero-order valence-corrected chi connectivity index (χ0v) is 18.9. The first-order valence-corrected chi connectivity index (χ1v) is 10.6. The predicted molar refractivity (Wildman–Crippen MR) is 115 cm³/mol. The number of ether oxygens (including phenoxy) is 3. The molecule has 0 spiro atoms. The van der Waals surface area contributed by atoms with Crippen molar-refractivity contribution in [2.24, 2.45) is 11.8 Å². The monoisotopic (exact) mass is 406 g/mol. The Kier molecular flexibility index (Phi) is 9.40. The molecule has 1 saturated heterocycles. The highest BCUT2D eigenvalue weighted by atomic mass is 16.5. The van der Waals surface area contributed by atoms with Crippen molar-refractivity contribution in [1.29, 1.82) is 0 Å². The van der Waals surface area contributed by atoms with Crippen LogP contribution in [0.5, 0.6) is 0 Å². The maximum absolute atomic E-state index is 12.4. The molecule has 1 aliphatic heterocycles. The average Bonchev–Trinajstić information content (AvgIpc) is 2.68. The van der Waals surface area contributed by atoms with Gasteiger partial charge in [0.05, 0.1) is 25.8 Å². The van der Waals surface area contributed by atoms with E-state index in [-0.39, 0.29) is 25.6 Å². The van der Waals surface area contributed by atoms with E-state index in [9.17, 15) is 4.79 Å². The second-order valence-electron chi connectivity index (χ2n) is 8.72. The molecule has 29 heavy (non-hydrogen) atoms. The molecule has 0 N–H and O–H groups in total. The van der Waals surface area contributed by atoms with E-state index < -0.39 is 0 Å². The van der Waals surface area contributed by atoms with Crippen LogP contribution in [-0.4, -0.2) is 62.7 Å². The Hall–Kier alpha value is -1.63. The summed E-state index contributed by atoms with van der Waals surface area (Å²) in [5, 5.41) is 0. The topological polar surface area (TPSA) is 51.2 Å². The largest absolute Gasteiger partial charge is 0.370 e. The van der Waals surface area contributed by atoms with Gasteiger partial charge in [-0.3, -0.25) is 9.80 Å². The lowest BCUT2D eigenvalue weighted by molar-refractivity contribution is -0.0592. The van der Waals surface area contributed by atoms with Crippen molar-refractivity contribution in [1.82, 2.24) is 9.80 Å². The van der Waals surface area contributed by atoms with Gasteiger partial charge in [0.25, 0.3) is 0 Å². The molecular formula is C23H38N2O4. The van der Waals surface area contributed by atoms with Crippen molar-refractivity contribution in [3.05, 3.63) is 35.4 Å². The Morgan fingerprint density at radius 1 is 0.966 bits per heavy atom. The van der Waals surface area contributed by atoms with Gasteiger partial charge < -0.3 is 14.2 Å². The van der Waals surface area contributed by atoms with Crippen molar-refractivity contribution >= 4 is 6.03 Å². The van der Waals surface area contributed by atoms with E-state index in [4.69, 9.17) is 14.2 Å². The van der Waals surface area contributed by atoms with Gasteiger partial charge in [0.2, 0.25) is 0 Å². The minimum Gasteiger partial charge on any atom is -0.370 e. The predicted octanol–water partition coefficient (Wildman–Crippen LogP) is 4.30. The molecule has 6 nitrogen and oxygen atoms in total. The zero-order valence-electron chi connectivity index (χ0n) is 18.9. The second kappa shape index (κ2) is 11.5. The maximum atomic E-state index is 12.4. The van der Waals surface area contributed by atoms with Crippen LogP contribution < -0.4 is 0 Å². The lowest BCUT2D eigenvalue weighted by Crippen LogP contribution is -2.57. The van der Waals surface area contributed by atoms with Gasteiger partial charge in [-0.2, -0.15) is 0 Å². The van der Waals surface area contributed by atoms with E-state index in [0.717, 1.165) is 5.56 Å². The summed E-state index contributed by atoms with van der Waals surface area (Å²) in [4.78, 5) is 15.7. The fourth-order valence-corrected chi connectivity index (χ4v) is 3.91. The summed E-state index contributed by atoms with van der Waals surface area (Å²) in [5.74, 6) is 1.89. The van der Waals surface area contributed by atoms with Crippen LogP contribution in [-0.2, 0) is 20.8 Å². The molecule has 0 aromatic heterocycles. The summed E-state index contributed by atoms with van der Waals surface area (Å²) >= 11 is 0. The summed E-state index contributed by atoms with van der Waals surface area (Å²) in [6, 6.07) is 8.73. The van der Waals surface area contributed by atoms with E-state index in [2.05, 4.69) is 52.0 Å². The molecule has 0 saturated carbocycles. The summed E-state index contributed by atoms with van der Waals surface area (Å²) in [6.45, 7) is 11.2. The molecule has 2 rings (SSSR count). The van der Waals surface area contributed by atoms with Crippen molar-refractivity contribution in [2.45, 2.75) is 52.7 Å². The van der Waals surface area contributed by atoms with Crippen LogP contribution in [0.15, 0.2) is 24.3 Å². The van der Waals surface area contributed by atoms with Gasteiger partial charge in [0.15, 0.2) is 0 Å². The maximum Gasteiger partial charge on any atom is 0.323 e. The number of amides is 2. The third-order valence-corrected chi connectivity index (χ3v) is 5.38. The van der Waals surface area contributed by atoms with Gasteiger partial charge in [-0.15, -0.1) is 0 Å². The molecule has 2 amide bonds. The molecule has 1 atom stereocenters. The highest BCUT2D eigenvalue weighted by Crippen LogP contribution is 2.31. The zero-order chi connectivity index (χ0) is 21.4. The Balaban J connectivity index is 1.97. The first-order valence-electron chi connectivity index (χ1n) is 10.6. The minimum atomic E-state index is -0.0815. The number of rotatable bonds is 11. The van der Waals surface area contributed by atoms with Gasteiger partial charge in [-0.1, -0.05) is 52.0 Å². The lowest BCUT2D eigenvalue weighted by atomic mass is 9.82. The van der Waals surface area contributed by atoms with Crippen LogP contribution in [0.4, 0.5) is 4.79 Å². The average molecular weight is 407 g/mol. The Labute approximate surface area is 176 Å². The standard InChI is InChI=1S/C23H38N2O4/c1-17(2)11-22(18(3)4)20-9-7-19(8-10-20)14-29-21-12-24(15-27-5)23(26)25(13-21)16-28-6/h7-10,17-18,21-22H,11-16H2,1-6H3. The summed E-state index contributed by atoms with van der Waals surface area (Å²) in [6.07, 6.45) is 1.12. The number of methoxy groups -OCH3 is 2. The Bertz CT molecular complexity index is 600. The molecule has 1 fully saturated rings. The molecule has 0 bridgehead atoms. The van der Waals surface area contributed by atoms with Gasteiger partial charge in [0, 0.05) is 14.2 Å². The van der Waals surface area contributed by atoms with Crippen molar-refractivity contribution in [3.8, 4) is 0 Å². The summed E-state index contributed by atoms with van der Waals surface area (Å²) < 4.78 is 16.4. The van der Waals surface area contributed by atoms with Crippen molar-refractivity contribution in [2.75, 3.05) is 40.8 Å². The molecule has 1 heterocycles. The highest BCUT2D eigenvalue weighted by molar-refractivity contribution is 5.75. The van der Waals surface area contributed by atoms with E-state index in [1.807, 2.05) is 0 Å². The molecule has 1 unspecified atom stereocenters. The molecule has 0 aliphatic carbocycles. The Morgan fingerprint density at radius 3 is 1.97 bits per heavy atom. The van der Waals surface area contributed by atoms with E-state index in [0.29, 0.717) is 37.5 Å². The molecule has 1 aromatic rings. The van der Waals surface area contributed by atoms with Crippen molar-refractivity contribution < 1.29 is 19.0 Å². The normalized spacial score (nSPS) is 16.9. The van der Waals surface area contributed by atoms with E-state index >= 15 is 0 Å². The second-order valence-corrected chi connectivity index (χ2v) is 8.72. The van der Waals surface area contributed by atoms with Crippen LogP contribution in [0.3, 0.4) is 0 Å². The minimum absolute atomic E-state index is 0.0808. The first kappa shape index (κ1) is 23.6.